The normalized spacial score (nSPS) is 10.0. The number of hydrogen-bond donors (Lipinski definition) is 2. The molecule has 2 rings (SSSR count). The molecule has 0 amide bonds. The maximum Gasteiger partial charge on any atom is 0.168 e. The van der Waals surface area contributed by atoms with Crippen molar-refractivity contribution in [3.05, 3.63) is 48.5 Å². The Balaban J connectivity index is 2.13. The van der Waals surface area contributed by atoms with Crippen molar-refractivity contribution in [3.63, 3.8) is 0 Å². The van der Waals surface area contributed by atoms with Crippen LogP contribution in [0, 0.1) is 0 Å². The van der Waals surface area contributed by atoms with Crippen molar-refractivity contribution >= 4 is 23.0 Å². The van der Waals surface area contributed by atoms with Crippen LogP contribution < -0.4 is 11.1 Å². The molecule has 0 aliphatic rings. The average Bonchev–Trinajstić information content (AvgIpc) is 2.70. The Morgan fingerprint density at radius 3 is 3.06 bits per heavy atom. The summed E-state index contributed by atoms with van der Waals surface area (Å²) in [6, 6.07) is 7.95. The number of nitrogens with one attached hydrogen (secondary N) is 1. The van der Waals surface area contributed by atoms with E-state index < -0.39 is 0 Å². The Labute approximate surface area is 99.1 Å². The minimum atomic E-state index is 0.278. The highest BCUT2D eigenvalue weighted by Gasteiger charge is 1.97. The van der Waals surface area contributed by atoms with Gasteiger partial charge in [-0.05, 0) is 29.9 Å². The van der Waals surface area contributed by atoms with Crippen LogP contribution in [0.4, 0.5) is 5.69 Å². The van der Waals surface area contributed by atoms with Gasteiger partial charge in [0.25, 0.3) is 0 Å². The first-order chi connectivity index (χ1) is 7.74. The summed E-state index contributed by atoms with van der Waals surface area (Å²) in [5, 5.41) is 3.19. The predicted molar refractivity (Wildman–Crippen MR) is 68.2 cm³/mol. The van der Waals surface area contributed by atoms with Crippen LogP contribution >= 0.6 is 12.2 Å². The average molecular weight is 232 g/mol. The maximum absolute atomic E-state index is 5.42. The summed E-state index contributed by atoms with van der Waals surface area (Å²) in [6.07, 6.45) is 5.47. The van der Waals surface area contributed by atoms with Gasteiger partial charge in [0.2, 0.25) is 0 Å². The van der Waals surface area contributed by atoms with Crippen molar-refractivity contribution in [1.29, 1.82) is 0 Å². The molecule has 0 saturated carbocycles. The maximum atomic E-state index is 5.42. The van der Waals surface area contributed by atoms with Gasteiger partial charge in [-0.3, -0.25) is 0 Å². The summed E-state index contributed by atoms with van der Waals surface area (Å²) < 4.78 is 2.00. The molecule has 1 aromatic carbocycles. The van der Waals surface area contributed by atoms with E-state index in [2.05, 4.69) is 10.3 Å². The lowest BCUT2D eigenvalue weighted by Gasteiger charge is -2.07. The van der Waals surface area contributed by atoms with Crippen molar-refractivity contribution in [2.24, 2.45) is 5.73 Å². The van der Waals surface area contributed by atoms with Crippen LogP contribution in [0.3, 0.4) is 0 Å². The molecule has 2 aromatic rings. The van der Waals surface area contributed by atoms with Crippen LogP contribution in [0.5, 0.6) is 0 Å². The first kappa shape index (κ1) is 10.6. The van der Waals surface area contributed by atoms with Gasteiger partial charge in [0, 0.05) is 24.6 Å². The number of benzene rings is 1. The van der Waals surface area contributed by atoms with Gasteiger partial charge >= 0.3 is 0 Å². The van der Waals surface area contributed by atoms with E-state index >= 15 is 0 Å². The molecule has 5 heteroatoms. The Bertz CT molecular complexity index is 478. The van der Waals surface area contributed by atoms with Gasteiger partial charge in [0.15, 0.2) is 5.11 Å². The second kappa shape index (κ2) is 4.76. The minimum absolute atomic E-state index is 0.278. The van der Waals surface area contributed by atoms with Crippen molar-refractivity contribution in [2.45, 2.75) is 6.54 Å². The lowest BCUT2D eigenvalue weighted by Crippen LogP contribution is -2.18. The molecule has 3 N–H and O–H groups in total. The van der Waals surface area contributed by atoms with E-state index in [0.29, 0.717) is 0 Å². The third kappa shape index (κ3) is 2.80. The fourth-order valence-electron chi connectivity index (χ4n) is 1.48. The fraction of sp³-hybridized carbons (Fsp3) is 0.0909. The van der Waals surface area contributed by atoms with Gasteiger partial charge in [-0.2, -0.15) is 0 Å². The predicted octanol–water partition coefficient (Wildman–Crippen LogP) is 1.59. The molecule has 1 heterocycles. The van der Waals surface area contributed by atoms with Gasteiger partial charge in [-0.25, -0.2) is 4.98 Å². The Morgan fingerprint density at radius 1 is 1.50 bits per heavy atom. The first-order valence-electron chi connectivity index (χ1n) is 4.85. The Morgan fingerprint density at radius 2 is 2.38 bits per heavy atom. The van der Waals surface area contributed by atoms with E-state index in [-0.39, 0.29) is 5.11 Å². The van der Waals surface area contributed by atoms with Gasteiger partial charge in [0.1, 0.15) is 0 Å². The van der Waals surface area contributed by atoms with Crippen molar-refractivity contribution in [3.8, 4) is 0 Å². The van der Waals surface area contributed by atoms with Crippen molar-refractivity contribution < 1.29 is 0 Å². The molecule has 0 aliphatic carbocycles. The summed E-state index contributed by atoms with van der Waals surface area (Å²) >= 11 is 4.79. The third-order valence-corrected chi connectivity index (χ3v) is 2.22. The molecule has 0 unspecified atom stereocenters. The molecular formula is C11H12N4S. The Kier molecular flexibility index (Phi) is 3.16. The van der Waals surface area contributed by atoms with Crippen LogP contribution in [0.15, 0.2) is 43.0 Å². The fourth-order valence-corrected chi connectivity index (χ4v) is 1.60. The molecule has 0 fully saturated rings. The molecule has 82 valence electrons. The summed E-state index contributed by atoms with van der Waals surface area (Å²) in [5.74, 6) is 0. The second-order valence-electron chi connectivity index (χ2n) is 3.42. The number of nitrogens with two attached hydrogens (primary N) is 1. The van der Waals surface area contributed by atoms with Crippen molar-refractivity contribution in [2.75, 3.05) is 5.32 Å². The van der Waals surface area contributed by atoms with Gasteiger partial charge in [0.05, 0.1) is 6.33 Å². The molecule has 0 aliphatic heterocycles. The van der Waals surface area contributed by atoms with E-state index in [9.17, 15) is 0 Å². The van der Waals surface area contributed by atoms with Crippen LogP contribution in [-0.2, 0) is 6.54 Å². The van der Waals surface area contributed by atoms with Gasteiger partial charge in [-0.15, -0.1) is 0 Å². The molecule has 1 aromatic heterocycles. The van der Waals surface area contributed by atoms with E-state index in [1.54, 1.807) is 12.5 Å². The summed E-state index contributed by atoms with van der Waals surface area (Å²) in [4.78, 5) is 4.00. The van der Waals surface area contributed by atoms with Crippen LogP contribution in [-0.4, -0.2) is 14.7 Å². The largest absolute Gasteiger partial charge is 0.376 e. The number of nitrogens with zero attached hydrogens (tertiary/aromatic N) is 2. The molecule has 0 atom stereocenters. The third-order valence-electron chi connectivity index (χ3n) is 2.12. The summed E-state index contributed by atoms with van der Waals surface area (Å²) in [5.41, 5.74) is 7.49. The number of imidazole rings is 1. The van der Waals surface area contributed by atoms with Gasteiger partial charge in [-0.1, -0.05) is 12.1 Å². The monoisotopic (exact) mass is 232 g/mol. The lowest BCUT2D eigenvalue weighted by atomic mass is 10.2. The zero-order valence-corrected chi connectivity index (χ0v) is 9.45. The number of aromatic nitrogens is 2. The standard InChI is InChI=1S/C11H12N4S/c12-11(16)14-10-3-1-2-9(6-10)7-15-5-4-13-8-15/h1-6,8H,7H2,(H3,12,14,16). The molecular weight excluding hydrogens is 220 g/mol. The van der Waals surface area contributed by atoms with Crippen LogP contribution in [0.2, 0.25) is 0 Å². The van der Waals surface area contributed by atoms with Crippen LogP contribution in [0.1, 0.15) is 5.56 Å². The van der Waals surface area contributed by atoms with E-state index in [0.717, 1.165) is 12.2 Å². The highest BCUT2D eigenvalue weighted by Crippen LogP contribution is 2.11. The SMILES string of the molecule is NC(=S)Nc1cccc(Cn2ccnc2)c1. The molecule has 0 saturated heterocycles. The van der Waals surface area contributed by atoms with E-state index in [1.165, 1.54) is 5.56 Å². The van der Waals surface area contributed by atoms with Crippen LogP contribution in [0.25, 0.3) is 0 Å². The minimum Gasteiger partial charge on any atom is -0.376 e. The molecule has 0 radical (unpaired) electrons. The zero-order chi connectivity index (χ0) is 11.4. The van der Waals surface area contributed by atoms with Crippen molar-refractivity contribution in [1.82, 2.24) is 9.55 Å². The lowest BCUT2D eigenvalue weighted by molar-refractivity contribution is 0.798. The molecule has 0 spiro atoms. The van der Waals surface area contributed by atoms with E-state index in [1.807, 2.05) is 35.0 Å². The van der Waals surface area contributed by atoms with E-state index in [4.69, 9.17) is 18.0 Å². The topological polar surface area (TPSA) is 55.9 Å². The molecule has 0 bridgehead atoms. The number of thiocarbonyl (C=S) groups is 1. The number of rotatable bonds is 3. The first-order valence-corrected chi connectivity index (χ1v) is 5.26. The number of hydrogen-bond acceptors (Lipinski definition) is 2. The highest BCUT2D eigenvalue weighted by atomic mass is 32.1. The summed E-state index contributed by atoms with van der Waals surface area (Å²) in [6.45, 7) is 0.785. The quantitative estimate of drug-likeness (QED) is 0.789. The zero-order valence-electron chi connectivity index (χ0n) is 8.63. The Hall–Kier alpha value is -1.88. The highest BCUT2D eigenvalue weighted by molar-refractivity contribution is 7.80. The smallest absolute Gasteiger partial charge is 0.168 e. The molecule has 16 heavy (non-hydrogen) atoms. The summed E-state index contributed by atoms with van der Waals surface area (Å²) in [7, 11) is 0. The number of anilines is 1. The second-order valence-corrected chi connectivity index (χ2v) is 3.86. The van der Waals surface area contributed by atoms with Gasteiger partial charge < -0.3 is 15.6 Å². The molecule has 4 nitrogen and oxygen atoms in total.